The van der Waals surface area contributed by atoms with Gasteiger partial charge in [-0.1, -0.05) is 23.2 Å². The lowest BCUT2D eigenvalue weighted by molar-refractivity contribution is 0.102. The number of halogens is 2. The van der Waals surface area contributed by atoms with Crippen LogP contribution in [0.3, 0.4) is 0 Å². The maximum Gasteiger partial charge on any atom is 0.274 e. The summed E-state index contributed by atoms with van der Waals surface area (Å²) in [6.07, 6.45) is 1.62. The molecule has 0 atom stereocenters. The van der Waals surface area contributed by atoms with Crippen molar-refractivity contribution in [2.75, 3.05) is 10.6 Å². The van der Waals surface area contributed by atoms with Crippen molar-refractivity contribution in [3.8, 4) is 0 Å². The minimum atomic E-state index is -0.315. The molecule has 0 unspecified atom stereocenters. The van der Waals surface area contributed by atoms with Crippen LogP contribution in [0.4, 0.5) is 11.4 Å². The van der Waals surface area contributed by atoms with Gasteiger partial charge in [-0.2, -0.15) is 0 Å². The fraction of sp³-hybridized carbons (Fsp3) is 0.200. The van der Waals surface area contributed by atoms with Crippen LogP contribution < -0.4 is 10.6 Å². The smallest absolute Gasteiger partial charge is 0.274 e. The highest BCUT2D eigenvalue weighted by molar-refractivity contribution is 6.35. The number of benzene rings is 1. The molecule has 1 aromatic heterocycles. The van der Waals surface area contributed by atoms with E-state index in [1.165, 1.54) is 0 Å². The maximum atomic E-state index is 12.1. The summed E-state index contributed by atoms with van der Waals surface area (Å²) in [5.41, 5.74) is 1.72. The number of hydrogen-bond donors (Lipinski definition) is 2. The van der Waals surface area contributed by atoms with Crippen LogP contribution in [0.2, 0.25) is 10.0 Å². The average Bonchev–Trinajstić information content (AvgIpc) is 2.37. The number of anilines is 2. The van der Waals surface area contributed by atoms with Crippen molar-refractivity contribution in [2.24, 2.45) is 0 Å². The molecule has 0 radical (unpaired) electrons. The van der Waals surface area contributed by atoms with Crippen LogP contribution in [0, 0.1) is 0 Å². The van der Waals surface area contributed by atoms with Crippen LogP contribution in [-0.2, 0) is 0 Å². The van der Waals surface area contributed by atoms with Crippen LogP contribution in [0.5, 0.6) is 0 Å². The van der Waals surface area contributed by atoms with E-state index in [2.05, 4.69) is 15.6 Å². The van der Waals surface area contributed by atoms with Gasteiger partial charge in [0.25, 0.3) is 5.91 Å². The molecule has 4 nitrogen and oxygen atoms in total. The number of carbonyl (C=O) groups is 1. The van der Waals surface area contributed by atoms with Gasteiger partial charge in [0, 0.05) is 21.8 Å². The van der Waals surface area contributed by atoms with E-state index in [9.17, 15) is 4.79 Å². The van der Waals surface area contributed by atoms with Crippen LogP contribution in [-0.4, -0.2) is 16.9 Å². The minimum absolute atomic E-state index is 0.306. The van der Waals surface area contributed by atoms with Crippen LogP contribution in [0.25, 0.3) is 0 Å². The highest BCUT2D eigenvalue weighted by Gasteiger charge is 2.09. The zero-order valence-electron chi connectivity index (χ0n) is 11.7. The standard InChI is InChI=1S/C15H15Cl2N3O/c1-9(2)19-12-3-4-14(18-8-12)15(21)20-13-6-10(16)5-11(17)7-13/h3-9,19H,1-2H3,(H,20,21). The van der Waals surface area contributed by atoms with Gasteiger partial charge in [0.15, 0.2) is 0 Å². The fourth-order valence-electron chi connectivity index (χ4n) is 1.77. The van der Waals surface area contributed by atoms with Crippen molar-refractivity contribution in [2.45, 2.75) is 19.9 Å². The molecule has 2 rings (SSSR count). The number of aromatic nitrogens is 1. The minimum Gasteiger partial charge on any atom is -0.382 e. The second-order valence-electron chi connectivity index (χ2n) is 4.84. The SMILES string of the molecule is CC(C)Nc1ccc(C(=O)Nc2cc(Cl)cc(Cl)c2)nc1. The van der Waals surface area contributed by atoms with E-state index in [-0.39, 0.29) is 5.91 Å². The first-order valence-corrected chi connectivity index (χ1v) is 7.19. The number of pyridine rings is 1. The molecule has 1 amide bonds. The van der Waals surface area contributed by atoms with Crippen molar-refractivity contribution in [1.82, 2.24) is 4.98 Å². The van der Waals surface area contributed by atoms with Gasteiger partial charge in [-0.15, -0.1) is 0 Å². The molecule has 0 bridgehead atoms. The lowest BCUT2D eigenvalue weighted by Crippen LogP contribution is -2.14. The third kappa shape index (κ3) is 4.62. The van der Waals surface area contributed by atoms with Crippen molar-refractivity contribution in [3.05, 3.63) is 52.3 Å². The van der Waals surface area contributed by atoms with Gasteiger partial charge in [-0.05, 0) is 44.2 Å². The van der Waals surface area contributed by atoms with E-state index in [4.69, 9.17) is 23.2 Å². The Bertz CT molecular complexity index is 622. The van der Waals surface area contributed by atoms with Gasteiger partial charge in [0.2, 0.25) is 0 Å². The molecule has 0 spiro atoms. The van der Waals surface area contributed by atoms with Crippen molar-refractivity contribution in [1.29, 1.82) is 0 Å². The van der Waals surface area contributed by atoms with Crippen molar-refractivity contribution in [3.63, 3.8) is 0 Å². The number of hydrogen-bond acceptors (Lipinski definition) is 3. The summed E-state index contributed by atoms with van der Waals surface area (Å²) in [5, 5.41) is 6.84. The third-order valence-corrected chi connectivity index (χ3v) is 3.01. The van der Waals surface area contributed by atoms with E-state index < -0.39 is 0 Å². The Morgan fingerprint density at radius 2 is 1.76 bits per heavy atom. The van der Waals surface area contributed by atoms with Crippen molar-refractivity contribution >= 4 is 40.5 Å². The van der Waals surface area contributed by atoms with E-state index in [1.807, 2.05) is 19.9 Å². The van der Waals surface area contributed by atoms with Gasteiger partial charge in [0.05, 0.1) is 11.9 Å². The van der Waals surface area contributed by atoms with Crippen LogP contribution >= 0.6 is 23.2 Å². The summed E-state index contributed by atoms with van der Waals surface area (Å²) in [6.45, 7) is 4.06. The zero-order valence-corrected chi connectivity index (χ0v) is 13.2. The first-order chi connectivity index (χ1) is 9.94. The maximum absolute atomic E-state index is 12.1. The monoisotopic (exact) mass is 323 g/mol. The van der Waals surface area contributed by atoms with Crippen LogP contribution in [0.15, 0.2) is 36.5 Å². The molecule has 21 heavy (non-hydrogen) atoms. The molecule has 2 N–H and O–H groups in total. The highest BCUT2D eigenvalue weighted by atomic mass is 35.5. The Kier molecular flexibility index (Phi) is 5.04. The summed E-state index contributed by atoms with van der Waals surface area (Å²) >= 11 is 11.8. The second kappa shape index (κ2) is 6.78. The first-order valence-electron chi connectivity index (χ1n) is 6.44. The van der Waals surface area contributed by atoms with E-state index in [0.717, 1.165) is 5.69 Å². The molecule has 0 aliphatic rings. The van der Waals surface area contributed by atoms with Crippen LogP contribution in [0.1, 0.15) is 24.3 Å². The van der Waals surface area contributed by atoms with E-state index in [1.54, 1.807) is 30.5 Å². The van der Waals surface area contributed by atoms with Gasteiger partial charge in [-0.25, -0.2) is 4.98 Å². The molecule has 0 saturated heterocycles. The molecule has 110 valence electrons. The second-order valence-corrected chi connectivity index (χ2v) is 5.72. The third-order valence-electron chi connectivity index (χ3n) is 2.57. The highest BCUT2D eigenvalue weighted by Crippen LogP contribution is 2.22. The Balaban J connectivity index is 2.09. The predicted molar refractivity (Wildman–Crippen MR) is 87.4 cm³/mol. The lowest BCUT2D eigenvalue weighted by atomic mass is 10.2. The van der Waals surface area contributed by atoms with Gasteiger partial charge >= 0.3 is 0 Å². The zero-order chi connectivity index (χ0) is 15.4. The molecule has 6 heteroatoms. The number of nitrogens with one attached hydrogen (secondary N) is 2. The first kappa shape index (κ1) is 15.6. The Labute approximate surface area is 133 Å². The largest absolute Gasteiger partial charge is 0.382 e. The van der Waals surface area contributed by atoms with Gasteiger partial charge in [-0.3, -0.25) is 4.79 Å². The predicted octanol–water partition coefficient (Wildman–Crippen LogP) is 4.46. The van der Waals surface area contributed by atoms with Gasteiger partial charge in [0.1, 0.15) is 5.69 Å². The average molecular weight is 324 g/mol. The van der Waals surface area contributed by atoms with Gasteiger partial charge < -0.3 is 10.6 Å². The normalized spacial score (nSPS) is 10.5. The lowest BCUT2D eigenvalue weighted by Gasteiger charge is -2.10. The molecule has 1 heterocycles. The number of carbonyl (C=O) groups excluding carboxylic acids is 1. The molecule has 0 aliphatic carbocycles. The molecule has 0 saturated carbocycles. The number of nitrogens with zero attached hydrogens (tertiary/aromatic N) is 1. The summed E-state index contributed by atoms with van der Waals surface area (Å²) in [6, 6.07) is 8.63. The summed E-state index contributed by atoms with van der Waals surface area (Å²) in [7, 11) is 0. The summed E-state index contributed by atoms with van der Waals surface area (Å²) in [5.74, 6) is -0.315. The molecular formula is C15H15Cl2N3O. The quantitative estimate of drug-likeness (QED) is 0.873. The molecule has 0 fully saturated rings. The molecule has 2 aromatic rings. The number of amides is 1. The van der Waals surface area contributed by atoms with E-state index >= 15 is 0 Å². The van der Waals surface area contributed by atoms with E-state index in [0.29, 0.717) is 27.5 Å². The Hall–Kier alpha value is -1.78. The Morgan fingerprint density at radius 1 is 1.10 bits per heavy atom. The Morgan fingerprint density at radius 3 is 2.29 bits per heavy atom. The molecular weight excluding hydrogens is 309 g/mol. The molecule has 1 aromatic carbocycles. The fourth-order valence-corrected chi connectivity index (χ4v) is 2.29. The summed E-state index contributed by atoms with van der Waals surface area (Å²) < 4.78 is 0. The summed E-state index contributed by atoms with van der Waals surface area (Å²) in [4.78, 5) is 16.2. The number of rotatable bonds is 4. The topological polar surface area (TPSA) is 54.0 Å². The molecule has 0 aliphatic heterocycles. The van der Waals surface area contributed by atoms with Crippen molar-refractivity contribution < 1.29 is 4.79 Å².